The highest BCUT2D eigenvalue weighted by atomic mass is 31.1. The fraction of sp³-hybridized carbons (Fsp3) is 0.0741. The maximum absolute atomic E-state index is 2.62. The van der Waals surface area contributed by atoms with Crippen molar-refractivity contribution < 1.29 is 0 Å². The van der Waals surface area contributed by atoms with Crippen LogP contribution in [0.5, 0.6) is 0 Å². The summed E-state index contributed by atoms with van der Waals surface area (Å²) in [4.78, 5) is 0. The average molecular weight is 376 g/mol. The van der Waals surface area contributed by atoms with E-state index < -0.39 is 7.55 Å². The summed E-state index contributed by atoms with van der Waals surface area (Å²) in [6.45, 7) is 0. The Morgan fingerprint density at radius 3 is 2.04 bits per heavy atom. The van der Waals surface area contributed by atoms with E-state index in [1.165, 1.54) is 50.0 Å². The number of benzene rings is 4. The van der Waals surface area contributed by atoms with Crippen molar-refractivity contribution in [1.29, 1.82) is 0 Å². The highest BCUT2D eigenvalue weighted by Crippen LogP contribution is 2.48. The van der Waals surface area contributed by atoms with Crippen molar-refractivity contribution in [3.8, 4) is 11.1 Å². The molecule has 4 aromatic rings. The Balaban J connectivity index is 1.76. The number of hydrogen-bond acceptors (Lipinski definition) is 0. The summed E-state index contributed by atoms with van der Waals surface area (Å²) in [6.07, 6.45) is 10.4. The van der Waals surface area contributed by atoms with E-state index in [4.69, 9.17) is 0 Å². The second-order valence-electron chi connectivity index (χ2n) is 7.76. The van der Waals surface area contributed by atoms with Crippen molar-refractivity contribution >= 4 is 34.9 Å². The van der Waals surface area contributed by atoms with E-state index in [0.29, 0.717) is 5.66 Å². The second-order valence-corrected chi connectivity index (χ2v) is 10.2. The summed E-state index contributed by atoms with van der Waals surface area (Å²) in [7, 11) is -0.720. The fourth-order valence-electron chi connectivity index (χ4n) is 4.81. The second kappa shape index (κ2) is 6.36. The fourth-order valence-corrected chi connectivity index (χ4v) is 7.43. The quantitative estimate of drug-likeness (QED) is 0.313. The minimum atomic E-state index is -0.720. The van der Waals surface area contributed by atoms with Gasteiger partial charge in [0.25, 0.3) is 0 Å². The number of hydrogen-bond donors (Lipinski definition) is 0. The number of allylic oxidation sites excluding steroid dienone is 4. The molecule has 4 aromatic carbocycles. The Morgan fingerprint density at radius 1 is 0.643 bits per heavy atom. The lowest BCUT2D eigenvalue weighted by Crippen LogP contribution is -1.94. The van der Waals surface area contributed by atoms with Gasteiger partial charge in [0.05, 0.1) is 0 Å². The van der Waals surface area contributed by atoms with Crippen LogP contribution in [0.1, 0.15) is 11.1 Å². The van der Waals surface area contributed by atoms with Gasteiger partial charge in [0, 0.05) is 5.66 Å². The maximum atomic E-state index is 2.62. The predicted molar refractivity (Wildman–Crippen MR) is 126 cm³/mol. The van der Waals surface area contributed by atoms with E-state index in [1.807, 2.05) is 0 Å². The Hall–Kier alpha value is -2.82. The molecule has 0 radical (unpaired) electrons. The third-order valence-corrected chi connectivity index (χ3v) is 8.85. The summed E-state index contributed by atoms with van der Waals surface area (Å²) in [6, 6.07) is 27.0. The van der Waals surface area contributed by atoms with Gasteiger partial charge in [-0.25, -0.2) is 0 Å². The summed E-state index contributed by atoms with van der Waals surface area (Å²) in [5.41, 5.74) is 6.38. The molecule has 0 aromatic heterocycles. The van der Waals surface area contributed by atoms with Gasteiger partial charge in [0.15, 0.2) is 0 Å². The molecule has 0 saturated heterocycles. The molecule has 0 saturated carbocycles. The van der Waals surface area contributed by atoms with Crippen LogP contribution < -0.4 is 0 Å². The van der Waals surface area contributed by atoms with Gasteiger partial charge in [-0.2, -0.15) is 0 Å². The lowest BCUT2D eigenvalue weighted by atomic mass is 9.88. The van der Waals surface area contributed by atoms with Gasteiger partial charge < -0.3 is 0 Å². The van der Waals surface area contributed by atoms with E-state index in [0.717, 1.165) is 0 Å². The van der Waals surface area contributed by atoms with Crippen molar-refractivity contribution in [3.05, 3.63) is 108 Å². The molecule has 0 nitrogen and oxygen atoms in total. The smallest absolute Gasteiger partial charge is 0.0132 e. The summed E-state index contributed by atoms with van der Waals surface area (Å²) >= 11 is 0. The molecule has 28 heavy (non-hydrogen) atoms. The van der Waals surface area contributed by atoms with E-state index in [-0.39, 0.29) is 0 Å². The van der Waals surface area contributed by atoms with Crippen LogP contribution in [0.2, 0.25) is 0 Å². The van der Waals surface area contributed by atoms with Gasteiger partial charge in [-0.1, -0.05) is 103 Å². The molecule has 2 aliphatic rings. The van der Waals surface area contributed by atoms with Crippen LogP contribution in [0.25, 0.3) is 32.7 Å². The molecule has 1 heteroatoms. The van der Waals surface area contributed by atoms with Gasteiger partial charge >= 0.3 is 0 Å². The van der Waals surface area contributed by atoms with E-state index in [9.17, 15) is 0 Å². The largest absolute Gasteiger partial charge is 0.102 e. The van der Waals surface area contributed by atoms with E-state index in [1.54, 1.807) is 0 Å². The molecule has 1 atom stereocenters. The predicted octanol–water partition coefficient (Wildman–Crippen LogP) is 7.03. The molecule has 0 bridgehead atoms. The lowest BCUT2D eigenvalue weighted by molar-refractivity contribution is 1.36. The lowest BCUT2D eigenvalue weighted by Gasteiger charge is -2.16. The first kappa shape index (κ1) is 16.2. The third kappa shape index (κ3) is 2.45. The van der Waals surface area contributed by atoms with Crippen LogP contribution >= 0.6 is 7.55 Å². The molecule has 1 aliphatic heterocycles. The number of fused-ring (bicyclic) bond motifs is 7. The van der Waals surface area contributed by atoms with Crippen LogP contribution in [0.15, 0.2) is 97.1 Å². The first-order valence-electron chi connectivity index (χ1n) is 9.97. The standard InChI is InChI=1S/C27H21P/c1-5-11-24-19(7-1)13-15-21-17-28(23-9-3-4-10-23)18-22-16-14-20-8-2-6-12-25(20)27(22)26(21)24/h1-17,23,28H,18H2. The highest BCUT2D eigenvalue weighted by Gasteiger charge is 2.21. The third-order valence-electron chi connectivity index (χ3n) is 6.14. The highest BCUT2D eigenvalue weighted by molar-refractivity contribution is 7.58. The molecular formula is C27H21P. The molecule has 0 spiro atoms. The van der Waals surface area contributed by atoms with Gasteiger partial charge in [0.1, 0.15) is 0 Å². The SMILES string of the molecule is C1=CC([PH]2=Cc3ccc4ccccc4c3-c3c(ccc4ccccc34)C2)C=C1. The van der Waals surface area contributed by atoms with Gasteiger partial charge in [-0.3, -0.25) is 0 Å². The number of rotatable bonds is 1. The zero-order valence-electron chi connectivity index (χ0n) is 15.6. The normalized spacial score (nSPS) is 18.1. The summed E-state index contributed by atoms with van der Waals surface area (Å²) in [5.74, 6) is 2.62. The van der Waals surface area contributed by atoms with Crippen molar-refractivity contribution in [3.63, 3.8) is 0 Å². The van der Waals surface area contributed by atoms with Gasteiger partial charge in [-0.05, 0) is 50.0 Å². The van der Waals surface area contributed by atoms with E-state index >= 15 is 0 Å². The van der Waals surface area contributed by atoms with E-state index in [2.05, 4.69) is 103 Å². The minimum absolute atomic E-state index is 0.585. The van der Waals surface area contributed by atoms with Gasteiger partial charge in [-0.15, -0.1) is 7.55 Å². The van der Waals surface area contributed by atoms with Crippen molar-refractivity contribution in [2.24, 2.45) is 0 Å². The van der Waals surface area contributed by atoms with Crippen LogP contribution in [-0.4, -0.2) is 11.5 Å². The molecule has 1 aliphatic carbocycles. The first-order valence-corrected chi connectivity index (χ1v) is 11.8. The van der Waals surface area contributed by atoms with Crippen molar-refractivity contribution in [1.82, 2.24) is 0 Å². The Kier molecular flexibility index (Phi) is 3.67. The monoisotopic (exact) mass is 376 g/mol. The molecule has 1 unspecified atom stereocenters. The van der Waals surface area contributed by atoms with Gasteiger partial charge in [0.2, 0.25) is 0 Å². The molecular weight excluding hydrogens is 355 g/mol. The van der Waals surface area contributed by atoms with Crippen LogP contribution in [0.3, 0.4) is 0 Å². The topological polar surface area (TPSA) is 0 Å². The average Bonchev–Trinajstić information content (AvgIpc) is 3.22. The molecule has 0 fully saturated rings. The van der Waals surface area contributed by atoms with Crippen LogP contribution in [0, 0.1) is 0 Å². The van der Waals surface area contributed by atoms with Crippen molar-refractivity contribution in [2.45, 2.75) is 11.8 Å². The van der Waals surface area contributed by atoms with Crippen LogP contribution in [0.4, 0.5) is 0 Å². The first-order chi connectivity index (χ1) is 13.9. The Labute approximate surface area is 166 Å². The zero-order valence-corrected chi connectivity index (χ0v) is 16.6. The Bertz CT molecular complexity index is 1330. The summed E-state index contributed by atoms with van der Waals surface area (Å²) < 4.78 is 0. The zero-order chi connectivity index (χ0) is 18.5. The molecule has 1 heterocycles. The van der Waals surface area contributed by atoms with Crippen LogP contribution in [-0.2, 0) is 6.16 Å². The molecule has 6 rings (SSSR count). The minimum Gasteiger partial charge on any atom is -0.102 e. The maximum Gasteiger partial charge on any atom is 0.0132 e. The molecule has 134 valence electrons. The van der Waals surface area contributed by atoms with Crippen molar-refractivity contribution in [2.75, 3.05) is 0 Å². The Morgan fingerprint density at radius 2 is 1.29 bits per heavy atom. The summed E-state index contributed by atoms with van der Waals surface area (Å²) in [5, 5.41) is 5.41. The molecule has 0 amide bonds. The molecule has 0 N–H and O–H groups in total.